The van der Waals surface area contributed by atoms with Crippen molar-refractivity contribution >= 4 is 17.4 Å². The Morgan fingerprint density at radius 2 is 2.33 bits per heavy atom. The topological polar surface area (TPSA) is 41.0 Å². The maximum absolute atomic E-state index is 5.89. The van der Waals surface area contributed by atoms with E-state index in [-0.39, 0.29) is 0 Å². The van der Waals surface area contributed by atoms with Crippen LogP contribution in [0.25, 0.3) is 0 Å². The van der Waals surface area contributed by atoms with Crippen LogP contribution in [0.1, 0.15) is 26.7 Å². The average molecular weight is 269 g/mol. The molecule has 0 saturated carbocycles. The van der Waals surface area contributed by atoms with E-state index in [1.165, 1.54) is 12.8 Å². The van der Waals surface area contributed by atoms with Gasteiger partial charge in [0.05, 0.1) is 12.4 Å². The van der Waals surface area contributed by atoms with Crippen molar-refractivity contribution in [3.63, 3.8) is 0 Å². The molecule has 0 aliphatic carbocycles. The summed E-state index contributed by atoms with van der Waals surface area (Å²) in [6.07, 6.45) is 5.86. The lowest BCUT2D eigenvalue weighted by molar-refractivity contribution is 0.378. The maximum Gasteiger partial charge on any atom is 0.149 e. The summed E-state index contributed by atoms with van der Waals surface area (Å²) in [6.45, 7) is 7.52. The Labute approximate surface area is 114 Å². The van der Waals surface area contributed by atoms with Gasteiger partial charge in [-0.15, -0.1) is 0 Å². The first kappa shape index (κ1) is 13.6. The van der Waals surface area contributed by atoms with Crippen molar-refractivity contribution in [2.75, 3.05) is 24.5 Å². The minimum absolute atomic E-state index is 0.468. The van der Waals surface area contributed by atoms with Crippen LogP contribution in [0.5, 0.6) is 0 Å². The molecule has 0 radical (unpaired) electrons. The summed E-state index contributed by atoms with van der Waals surface area (Å²) in [5, 5.41) is 3.98. The van der Waals surface area contributed by atoms with Gasteiger partial charge in [-0.05, 0) is 25.3 Å². The average Bonchev–Trinajstić information content (AvgIpc) is 2.37. The van der Waals surface area contributed by atoms with Crippen molar-refractivity contribution in [2.45, 2.75) is 32.7 Å². The Bertz CT molecular complexity index is 383. The highest BCUT2D eigenvalue weighted by molar-refractivity contribution is 6.29. The largest absolute Gasteiger partial charge is 0.355 e. The summed E-state index contributed by atoms with van der Waals surface area (Å²) in [6, 6.07) is 0.548. The van der Waals surface area contributed by atoms with Crippen molar-refractivity contribution in [1.29, 1.82) is 0 Å². The normalized spacial score (nSPS) is 20.4. The van der Waals surface area contributed by atoms with Gasteiger partial charge in [0.25, 0.3) is 0 Å². The standard InChI is InChI=1S/C13H21ClN4/c1-10(2)16-6-11-4-3-5-18(9-11)13-8-15-7-12(14)17-13/h7-8,10-11,16H,3-6,9H2,1-2H3. The lowest BCUT2D eigenvalue weighted by Gasteiger charge is -2.33. The molecule has 0 amide bonds. The van der Waals surface area contributed by atoms with Gasteiger partial charge in [-0.2, -0.15) is 0 Å². The molecule has 5 heteroatoms. The van der Waals surface area contributed by atoms with Crippen LogP contribution in [0.3, 0.4) is 0 Å². The van der Waals surface area contributed by atoms with Gasteiger partial charge < -0.3 is 10.2 Å². The number of hydrogen-bond donors (Lipinski definition) is 1. The number of rotatable bonds is 4. The fourth-order valence-electron chi connectivity index (χ4n) is 2.33. The fraction of sp³-hybridized carbons (Fsp3) is 0.692. The van der Waals surface area contributed by atoms with Crippen LogP contribution in [0.15, 0.2) is 12.4 Å². The third-order valence-corrected chi connectivity index (χ3v) is 3.43. The quantitative estimate of drug-likeness (QED) is 0.910. The molecule has 1 aliphatic heterocycles. The highest BCUT2D eigenvalue weighted by atomic mass is 35.5. The summed E-state index contributed by atoms with van der Waals surface area (Å²) >= 11 is 5.89. The summed E-state index contributed by atoms with van der Waals surface area (Å²) in [5.41, 5.74) is 0. The molecule has 1 atom stereocenters. The molecule has 2 heterocycles. The number of piperidine rings is 1. The molecule has 1 aromatic rings. The summed E-state index contributed by atoms with van der Waals surface area (Å²) in [5.74, 6) is 1.58. The molecule has 0 aromatic carbocycles. The number of aromatic nitrogens is 2. The van der Waals surface area contributed by atoms with Gasteiger partial charge >= 0.3 is 0 Å². The van der Waals surface area contributed by atoms with Crippen molar-refractivity contribution in [2.24, 2.45) is 5.92 Å². The molecular formula is C13H21ClN4. The monoisotopic (exact) mass is 268 g/mol. The Balaban J connectivity index is 1.94. The fourth-order valence-corrected chi connectivity index (χ4v) is 2.47. The van der Waals surface area contributed by atoms with Crippen LogP contribution in [0.4, 0.5) is 5.82 Å². The van der Waals surface area contributed by atoms with E-state index in [1.807, 2.05) is 0 Å². The molecule has 100 valence electrons. The number of anilines is 1. The predicted octanol–water partition coefficient (Wildman–Crippen LogP) is 2.34. The van der Waals surface area contributed by atoms with Crippen LogP contribution in [-0.4, -0.2) is 35.6 Å². The van der Waals surface area contributed by atoms with E-state index in [1.54, 1.807) is 12.4 Å². The van der Waals surface area contributed by atoms with Gasteiger partial charge in [-0.3, -0.25) is 4.98 Å². The molecule has 1 aliphatic rings. The zero-order valence-electron chi connectivity index (χ0n) is 11.1. The summed E-state index contributed by atoms with van der Waals surface area (Å²) in [7, 11) is 0. The third kappa shape index (κ3) is 3.82. The van der Waals surface area contributed by atoms with E-state index in [2.05, 4.69) is 34.0 Å². The van der Waals surface area contributed by atoms with Crippen LogP contribution in [-0.2, 0) is 0 Å². The van der Waals surface area contributed by atoms with Crippen LogP contribution < -0.4 is 10.2 Å². The van der Waals surface area contributed by atoms with E-state index in [0.29, 0.717) is 17.1 Å². The second-order valence-corrected chi connectivity index (χ2v) is 5.60. The zero-order chi connectivity index (χ0) is 13.0. The highest BCUT2D eigenvalue weighted by Gasteiger charge is 2.21. The summed E-state index contributed by atoms with van der Waals surface area (Å²) < 4.78 is 0. The first-order valence-electron chi connectivity index (χ1n) is 6.61. The smallest absolute Gasteiger partial charge is 0.149 e. The number of hydrogen-bond acceptors (Lipinski definition) is 4. The van der Waals surface area contributed by atoms with Crippen LogP contribution >= 0.6 is 11.6 Å². The van der Waals surface area contributed by atoms with Gasteiger partial charge in [-0.25, -0.2) is 4.98 Å². The number of nitrogens with one attached hydrogen (secondary N) is 1. The molecule has 1 aromatic heterocycles. The lowest BCUT2D eigenvalue weighted by atomic mass is 9.98. The van der Waals surface area contributed by atoms with Crippen molar-refractivity contribution in [1.82, 2.24) is 15.3 Å². The molecule has 1 fully saturated rings. The summed E-state index contributed by atoms with van der Waals surface area (Å²) in [4.78, 5) is 10.7. The Hall–Kier alpha value is -0.870. The molecular weight excluding hydrogens is 248 g/mol. The van der Waals surface area contributed by atoms with E-state index in [0.717, 1.165) is 25.5 Å². The van der Waals surface area contributed by atoms with Gasteiger partial charge in [0.2, 0.25) is 0 Å². The first-order chi connectivity index (χ1) is 8.65. The molecule has 0 spiro atoms. The predicted molar refractivity (Wildman–Crippen MR) is 75.1 cm³/mol. The van der Waals surface area contributed by atoms with Gasteiger partial charge in [0.1, 0.15) is 11.0 Å². The zero-order valence-corrected chi connectivity index (χ0v) is 11.8. The van der Waals surface area contributed by atoms with Crippen LogP contribution in [0, 0.1) is 5.92 Å². The van der Waals surface area contributed by atoms with Gasteiger partial charge in [0.15, 0.2) is 0 Å². The molecule has 2 rings (SSSR count). The SMILES string of the molecule is CC(C)NCC1CCCN(c2cncc(Cl)n2)C1. The minimum atomic E-state index is 0.468. The Morgan fingerprint density at radius 1 is 1.50 bits per heavy atom. The molecule has 0 bridgehead atoms. The molecule has 1 saturated heterocycles. The molecule has 4 nitrogen and oxygen atoms in total. The van der Waals surface area contributed by atoms with E-state index >= 15 is 0 Å². The Morgan fingerprint density at radius 3 is 3.06 bits per heavy atom. The number of nitrogens with zero attached hydrogens (tertiary/aromatic N) is 3. The van der Waals surface area contributed by atoms with E-state index < -0.39 is 0 Å². The third-order valence-electron chi connectivity index (χ3n) is 3.25. The molecule has 18 heavy (non-hydrogen) atoms. The molecule has 1 N–H and O–H groups in total. The lowest BCUT2D eigenvalue weighted by Crippen LogP contribution is -2.41. The minimum Gasteiger partial charge on any atom is -0.355 e. The first-order valence-corrected chi connectivity index (χ1v) is 6.99. The van der Waals surface area contributed by atoms with Crippen molar-refractivity contribution in [3.8, 4) is 0 Å². The second kappa shape index (κ2) is 6.34. The van der Waals surface area contributed by atoms with Crippen molar-refractivity contribution in [3.05, 3.63) is 17.5 Å². The number of halogens is 1. The highest BCUT2D eigenvalue weighted by Crippen LogP contribution is 2.21. The second-order valence-electron chi connectivity index (χ2n) is 5.22. The Kier molecular flexibility index (Phi) is 4.78. The molecule has 1 unspecified atom stereocenters. The maximum atomic E-state index is 5.89. The van der Waals surface area contributed by atoms with Gasteiger partial charge in [0, 0.05) is 19.1 Å². The van der Waals surface area contributed by atoms with E-state index in [9.17, 15) is 0 Å². The van der Waals surface area contributed by atoms with Gasteiger partial charge in [-0.1, -0.05) is 25.4 Å². The van der Waals surface area contributed by atoms with Crippen molar-refractivity contribution < 1.29 is 0 Å². The van der Waals surface area contributed by atoms with E-state index in [4.69, 9.17) is 11.6 Å². The van der Waals surface area contributed by atoms with Crippen LogP contribution in [0.2, 0.25) is 5.15 Å².